The molecule has 11 heteroatoms. The van der Waals surface area contributed by atoms with Crippen molar-refractivity contribution in [3.8, 4) is 22.8 Å². The maximum Gasteiger partial charge on any atom is 0.469 e. The molecular formula is C21H21ClNO8P. The largest absolute Gasteiger partial charge is 0.507 e. The summed E-state index contributed by atoms with van der Waals surface area (Å²) in [6, 6.07) is 8.76. The van der Waals surface area contributed by atoms with Gasteiger partial charge in [0.25, 0.3) is 0 Å². The molecule has 1 saturated heterocycles. The number of halogens is 1. The fraction of sp³-hybridized carbons (Fsp3) is 0.286. The molecule has 0 radical (unpaired) electrons. The second-order valence-electron chi connectivity index (χ2n) is 7.59. The molecule has 32 heavy (non-hydrogen) atoms. The Labute approximate surface area is 189 Å². The van der Waals surface area contributed by atoms with Crippen molar-refractivity contribution in [2.24, 2.45) is 0 Å². The van der Waals surface area contributed by atoms with Crippen molar-refractivity contribution < 1.29 is 34.9 Å². The van der Waals surface area contributed by atoms with Crippen molar-refractivity contribution in [1.29, 1.82) is 0 Å². The minimum absolute atomic E-state index is 0.00856. The lowest BCUT2D eigenvalue weighted by Gasteiger charge is -2.36. The summed E-state index contributed by atoms with van der Waals surface area (Å²) in [5.74, 6) is -1.83. The van der Waals surface area contributed by atoms with E-state index < -0.39 is 43.3 Å². The van der Waals surface area contributed by atoms with Crippen molar-refractivity contribution in [1.82, 2.24) is 4.90 Å². The standard InChI is InChI=1S/C21H21ClNO8P/c1-23-7-6-12(18(10-23)31-32(27,28)29)19-14(24)8-15(25)20-16(26)9-17(30-21(19)20)11-4-2-3-5-13(11)22/h2-5,8-9,12,18,24-25H,6-7,10H2,1H3,(H2,27,28,29)/i7D. The van der Waals surface area contributed by atoms with Crippen molar-refractivity contribution in [3.05, 3.63) is 57.2 Å². The number of benzene rings is 2. The van der Waals surface area contributed by atoms with Crippen LogP contribution in [0.15, 0.2) is 45.6 Å². The molecule has 1 aliphatic rings. The van der Waals surface area contributed by atoms with Gasteiger partial charge in [-0.05, 0) is 32.1 Å². The van der Waals surface area contributed by atoms with Crippen LogP contribution in [0.25, 0.3) is 22.3 Å². The minimum Gasteiger partial charge on any atom is -0.507 e. The highest BCUT2D eigenvalue weighted by Crippen LogP contribution is 2.47. The molecule has 9 nitrogen and oxygen atoms in total. The number of likely N-dealkylation sites (N-methyl/N-ethyl adjacent to an activating group) is 1. The van der Waals surface area contributed by atoms with Crippen LogP contribution in [-0.2, 0) is 9.09 Å². The van der Waals surface area contributed by atoms with Gasteiger partial charge in [-0.3, -0.25) is 9.32 Å². The normalized spacial score (nSPS) is 22.8. The molecule has 3 aromatic rings. The Hall–Kier alpha value is -2.39. The van der Waals surface area contributed by atoms with Gasteiger partial charge in [0.15, 0.2) is 5.43 Å². The van der Waals surface area contributed by atoms with Crippen LogP contribution in [0.5, 0.6) is 11.5 Å². The van der Waals surface area contributed by atoms with Gasteiger partial charge in [0.2, 0.25) is 0 Å². The first-order valence-electron chi connectivity index (χ1n) is 10.2. The summed E-state index contributed by atoms with van der Waals surface area (Å²) >= 11 is 6.25. The van der Waals surface area contributed by atoms with Crippen LogP contribution in [0.4, 0.5) is 0 Å². The molecule has 170 valence electrons. The lowest BCUT2D eigenvalue weighted by Crippen LogP contribution is -2.41. The Morgan fingerprint density at radius 2 is 1.97 bits per heavy atom. The quantitative estimate of drug-likeness (QED) is 0.411. The number of phosphoric acid groups is 1. The average Bonchev–Trinajstić information content (AvgIpc) is 2.70. The molecule has 4 N–H and O–H groups in total. The van der Waals surface area contributed by atoms with Gasteiger partial charge in [-0.15, -0.1) is 0 Å². The van der Waals surface area contributed by atoms with Gasteiger partial charge in [0.05, 0.1) is 11.1 Å². The van der Waals surface area contributed by atoms with Gasteiger partial charge >= 0.3 is 7.82 Å². The highest BCUT2D eigenvalue weighted by atomic mass is 35.5. The number of piperidine rings is 1. The number of phenolic OH excluding ortho intramolecular Hbond substituents is 2. The number of aromatic hydroxyl groups is 2. The molecule has 1 fully saturated rings. The molecule has 3 atom stereocenters. The van der Waals surface area contributed by atoms with Gasteiger partial charge < -0.3 is 29.3 Å². The van der Waals surface area contributed by atoms with Gasteiger partial charge in [-0.1, -0.05) is 23.7 Å². The molecule has 4 rings (SSSR count). The number of rotatable bonds is 4. The fourth-order valence-electron chi connectivity index (χ4n) is 3.99. The summed E-state index contributed by atoms with van der Waals surface area (Å²) in [7, 11) is -3.32. The average molecular weight is 483 g/mol. The highest BCUT2D eigenvalue weighted by Gasteiger charge is 2.38. The number of phosphoric ester groups is 1. The van der Waals surface area contributed by atoms with Crippen LogP contribution >= 0.6 is 19.4 Å². The molecule has 0 saturated carbocycles. The first kappa shape index (κ1) is 21.5. The van der Waals surface area contributed by atoms with Crippen LogP contribution in [0.2, 0.25) is 5.02 Å². The lowest BCUT2D eigenvalue weighted by atomic mass is 9.85. The van der Waals surface area contributed by atoms with Gasteiger partial charge in [0, 0.05) is 37.1 Å². The molecule has 2 heterocycles. The molecule has 0 aliphatic carbocycles. The Bertz CT molecular complexity index is 1330. The smallest absolute Gasteiger partial charge is 0.469 e. The van der Waals surface area contributed by atoms with E-state index in [1.54, 1.807) is 36.2 Å². The van der Waals surface area contributed by atoms with Crippen molar-refractivity contribution in [2.45, 2.75) is 18.4 Å². The maximum absolute atomic E-state index is 12.9. The SMILES string of the molecule is [2H]C1CC(c2c(O)cc(O)c3c(=O)cc(-c4ccccc4Cl)oc23)C(OP(=O)(O)O)CN1C. The molecule has 2 aromatic carbocycles. The summed E-state index contributed by atoms with van der Waals surface area (Å²) in [5, 5.41) is 21.2. The predicted octanol–water partition coefficient (Wildman–Crippen LogP) is 3.42. The van der Waals surface area contributed by atoms with E-state index in [9.17, 15) is 29.4 Å². The number of nitrogens with zero attached hydrogens (tertiary/aromatic N) is 1. The van der Waals surface area contributed by atoms with Crippen molar-refractivity contribution >= 4 is 30.4 Å². The van der Waals surface area contributed by atoms with Crippen LogP contribution < -0.4 is 5.43 Å². The van der Waals surface area contributed by atoms with E-state index >= 15 is 0 Å². The molecule has 1 aromatic heterocycles. The summed E-state index contributed by atoms with van der Waals surface area (Å²) in [4.78, 5) is 33.3. The van der Waals surface area contributed by atoms with Crippen molar-refractivity contribution in [3.63, 3.8) is 0 Å². The second kappa shape index (κ2) is 8.51. The van der Waals surface area contributed by atoms with Crippen LogP contribution in [0, 0.1) is 0 Å². The van der Waals surface area contributed by atoms with E-state index in [2.05, 4.69) is 0 Å². The fourth-order valence-corrected chi connectivity index (χ4v) is 4.79. The molecule has 0 spiro atoms. The number of fused-ring (bicyclic) bond motifs is 1. The molecular weight excluding hydrogens is 461 g/mol. The highest BCUT2D eigenvalue weighted by molar-refractivity contribution is 7.46. The maximum atomic E-state index is 12.9. The summed E-state index contributed by atoms with van der Waals surface area (Å²) in [6.07, 6.45) is -1.13. The zero-order valence-electron chi connectivity index (χ0n) is 17.8. The van der Waals surface area contributed by atoms with E-state index in [-0.39, 0.29) is 35.3 Å². The third-order valence-corrected chi connectivity index (χ3v) is 6.24. The van der Waals surface area contributed by atoms with Crippen LogP contribution in [0.3, 0.4) is 0 Å². The lowest BCUT2D eigenvalue weighted by molar-refractivity contribution is 0.0544. The number of hydrogen-bond donors (Lipinski definition) is 4. The van der Waals surface area contributed by atoms with Crippen LogP contribution in [0.1, 0.15) is 19.3 Å². The van der Waals surface area contributed by atoms with Crippen LogP contribution in [-0.4, -0.2) is 51.1 Å². The van der Waals surface area contributed by atoms with E-state index in [0.717, 1.165) is 12.1 Å². The number of likely N-dealkylation sites (tertiary alicyclic amines) is 1. The molecule has 0 amide bonds. The van der Waals surface area contributed by atoms with Gasteiger partial charge in [-0.2, -0.15) is 0 Å². The number of hydrogen-bond acceptors (Lipinski definition) is 7. The van der Waals surface area contributed by atoms with Gasteiger partial charge in [-0.25, -0.2) is 4.57 Å². The molecule has 3 unspecified atom stereocenters. The predicted molar refractivity (Wildman–Crippen MR) is 118 cm³/mol. The van der Waals surface area contributed by atoms with Crippen molar-refractivity contribution in [2.75, 3.05) is 20.1 Å². The third-order valence-electron chi connectivity index (χ3n) is 5.37. The first-order valence-corrected chi connectivity index (χ1v) is 11.5. The van der Waals surface area contributed by atoms with E-state index in [1.165, 1.54) is 0 Å². The Kier molecular flexibility index (Phi) is 5.71. The Morgan fingerprint density at radius 1 is 1.25 bits per heavy atom. The Morgan fingerprint density at radius 3 is 2.66 bits per heavy atom. The molecule has 1 aliphatic heterocycles. The zero-order chi connectivity index (χ0) is 24.1. The summed E-state index contributed by atoms with van der Waals surface area (Å²) < 4.78 is 30.9. The van der Waals surface area contributed by atoms with E-state index in [0.29, 0.717) is 10.6 Å². The summed E-state index contributed by atoms with van der Waals surface area (Å²) in [6.45, 7) is -0.812. The second-order valence-corrected chi connectivity index (χ2v) is 9.19. The number of phenols is 2. The minimum atomic E-state index is -4.93. The monoisotopic (exact) mass is 482 g/mol. The van der Waals surface area contributed by atoms with Gasteiger partial charge in [0.1, 0.15) is 28.2 Å². The topological polar surface area (TPSA) is 141 Å². The summed E-state index contributed by atoms with van der Waals surface area (Å²) in [5.41, 5.74) is -0.363. The third kappa shape index (κ3) is 4.41. The zero-order valence-corrected chi connectivity index (χ0v) is 18.5. The molecule has 0 bridgehead atoms. The first-order chi connectivity index (χ1) is 15.5. The Balaban J connectivity index is 1.98. The van der Waals surface area contributed by atoms with E-state index in [1.807, 2.05) is 0 Å². The van der Waals surface area contributed by atoms with E-state index in [4.69, 9.17) is 21.9 Å².